The minimum atomic E-state index is -0.400. The van der Waals surface area contributed by atoms with Crippen LogP contribution in [0.5, 0.6) is 0 Å². The van der Waals surface area contributed by atoms with Gasteiger partial charge in [0.15, 0.2) is 5.82 Å². The number of nitrogen functional groups attached to an aromatic ring is 1. The van der Waals surface area contributed by atoms with E-state index >= 15 is 0 Å². The van der Waals surface area contributed by atoms with Crippen molar-refractivity contribution in [2.75, 3.05) is 5.73 Å². The van der Waals surface area contributed by atoms with E-state index in [4.69, 9.17) is 5.73 Å². The van der Waals surface area contributed by atoms with Gasteiger partial charge in [-0.15, -0.1) is 0 Å². The summed E-state index contributed by atoms with van der Waals surface area (Å²) in [7, 11) is 0. The van der Waals surface area contributed by atoms with Crippen LogP contribution < -0.4 is 5.73 Å². The summed E-state index contributed by atoms with van der Waals surface area (Å²) >= 11 is 0. The molecule has 2 N–H and O–H groups in total. The summed E-state index contributed by atoms with van der Waals surface area (Å²) in [5.41, 5.74) is 6.22. The van der Waals surface area contributed by atoms with E-state index in [2.05, 4.69) is 10.1 Å². The fraction of sp³-hybridized carbons (Fsp3) is 0.200. The molecule has 4 nitrogen and oxygen atoms in total. The fourth-order valence-corrected chi connectivity index (χ4v) is 1.44. The zero-order valence-electron chi connectivity index (χ0n) is 8.53. The molecule has 0 aliphatic heterocycles. The van der Waals surface area contributed by atoms with E-state index in [1.165, 1.54) is 10.7 Å². The molecule has 0 unspecified atom stereocenters. The lowest BCUT2D eigenvalue weighted by Gasteiger charge is -2.04. The maximum atomic E-state index is 13.6. The number of anilines is 1. The highest BCUT2D eigenvalue weighted by Crippen LogP contribution is 2.16. The Morgan fingerprint density at radius 3 is 2.60 bits per heavy atom. The standard InChI is InChI=1S/C10H11FN4/c1-6-13-7(2)15(14-6)10-4-3-8(12)5-9(10)11/h3-5H,12H2,1-2H3. The van der Waals surface area contributed by atoms with Gasteiger partial charge in [0.2, 0.25) is 0 Å². The maximum absolute atomic E-state index is 13.6. The van der Waals surface area contributed by atoms with Gasteiger partial charge < -0.3 is 5.73 Å². The largest absolute Gasteiger partial charge is 0.399 e. The first-order chi connectivity index (χ1) is 7.08. The predicted molar refractivity (Wildman–Crippen MR) is 55.2 cm³/mol. The summed E-state index contributed by atoms with van der Waals surface area (Å²) in [4.78, 5) is 4.10. The van der Waals surface area contributed by atoms with Gasteiger partial charge in [-0.1, -0.05) is 0 Å². The van der Waals surface area contributed by atoms with E-state index in [-0.39, 0.29) is 0 Å². The number of nitrogens with zero attached hydrogens (tertiary/aromatic N) is 3. The second kappa shape index (κ2) is 3.34. The van der Waals surface area contributed by atoms with E-state index in [1.807, 2.05) is 0 Å². The molecule has 5 heteroatoms. The van der Waals surface area contributed by atoms with E-state index in [0.717, 1.165) is 0 Å². The highest BCUT2D eigenvalue weighted by atomic mass is 19.1. The third-order valence-corrected chi connectivity index (χ3v) is 2.07. The van der Waals surface area contributed by atoms with Crippen molar-refractivity contribution in [2.24, 2.45) is 0 Å². The first-order valence-electron chi connectivity index (χ1n) is 4.53. The summed E-state index contributed by atoms with van der Waals surface area (Å²) in [5, 5.41) is 4.10. The molecule has 0 saturated heterocycles. The summed E-state index contributed by atoms with van der Waals surface area (Å²) in [6, 6.07) is 4.49. The lowest BCUT2D eigenvalue weighted by atomic mass is 10.2. The maximum Gasteiger partial charge on any atom is 0.150 e. The number of aryl methyl sites for hydroxylation is 2. The number of halogens is 1. The summed E-state index contributed by atoms with van der Waals surface area (Å²) in [6.07, 6.45) is 0. The molecule has 2 rings (SSSR count). The number of rotatable bonds is 1. The van der Waals surface area contributed by atoms with Crippen LogP contribution in [0, 0.1) is 19.7 Å². The van der Waals surface area contributed by atoms with Crippen molar-refractivity contribution in [3.8, 4) is 5.69 Å². The Morgan fingerprint density at radius 2 is 2.07 bits per heavy atom. The quantitative estimate of drug-likeness (QED) is 0.721. The van der Waals surface area contributed by atoms with Crippen LogP contribution in [0.2, 0.25) is 0 Å². The molecule has 1 aromatic heterocycles. The van der Waals surface area contributed by atoms with Crippen molar-refractivity contribution in [1.29, 1.82) is 0 Å². The van der Waals surface area contributed by atoms with Gasteiger partial charge in [-0.2, -0.15) is 5.10 Å². The molecule has 1 heterocycles. The third-order valence-electron chi connectivity index (χ3n) is 2.07. The summed E-state index contributed by atoms with van der Waals surface area (Å²) in [5.74, 6) is 0.864. The normalized spacial score (nSPS) is 10.6. The molecule has 0 aliphatic rings. The van der Waals surface area contributed by atoms with Gasteiger partial charge in [0.1, 0.15) is 17.3 Å². The Bertz CT molecular complexity index is 504. The van der Waals surface area contributed by atoms with Crippen molar-refractivity contribution < 1.29 is 4.39 Å². The summed E-state index contributed by atoms with van der Waals surface area (Å²) in [6.45, 7) is 3.54. The van der Waals surface area contributed by atoms with Gasteiger partial charge in [0.25, 0.3) is 0 Å². The smallest absolute Gasteiger partial charge is 0.150 e. The third kappa shape index (κ3) is 1.68. The Hall–Kier alpha value is -1.91. The molecule has 15 heavy (non-hydrogen) atoms. The van der Waals surface area contributed by atoms with Crippen LogP contribution in [0.3, 0.4) is 0 Å². The lowest BCUT2D eigenvalue weighted by molar-refractivity contribution is 0.608. The van der Waals surface area contributed by atoms with E-state index < -0.39 is 5.82 Å². The minimum absolute atomic E-state index is 0.363. The van der Waals surface area contributed by atoms with E-state index in [1.54, 1.807) is 26.0 Å². The lowest BCUT2D eigenvalue weighted by Crippen LogP contribution is -2.03. The fourth-order valence-electron chi connectivity index (χ4n) is 1.44. The zero-order valence-corrected chi connectivity index (χ0v) is 8.53. The molecule has 0 aliphatic carbocycles. The SMILES string of the molecule is Cc1nc(C)n(-c2ccc(N)cc2F)n1. The second-order valence-electron chi connectivity index (χ2n) is 3.33. The molecule has 0 radical (unpaired) electrons. The molecule has 0 spiro atoms. The molecular formula is C10H11FN4. The zero-order chi connectivity index (χ0) is 11.0. The van der Waals surface area contributed by atoms with Crippen molar-refractivity contribution in [3.05, 3.63) is 35.7 Å². The molecular weight excluding hydrogens is 195 g/mol. The first kappa shape index (κ1) is 9.64. The van der Waals surface area contributed by atoms with Crippen LogP contribution in [0.25, 0.3) is 5.69 Å². The second-order valence-corrected chi connectivity index (χ2v) is 3.33. The van der Waals surface area contributed by atoms with Gasteiger partial charge in [0, 0.05) is 5.69 Å². The van der Waals surface area contributed by atoms with Crippen molar-refractivity contribution >= 4 is 5.69 Å². The molecule has 0 amide bonds. The average molecular weight is 206 g/mol. The number of benzene rings is 1. The average Bonchev–Trinajstić information content (AvgIpc) is 2.45. The number of hydrogen-bond acceptors (Lipinski definition) is 3. The van der Waals surface area contributed by atoms with Crippen molar-refractivity contribution in [1.82, 2.24) is 14.8 Å². The Balaban J connectivity index is 2.59. The molecule has 0 fully saturated rings. The molecule has 0 bridgehead atoms. The van der Waals surface area contributed by atoms with Gasteiger partial charge >= 0.3 is 0 Å². The van der Waals surface area contributed by atoms with Gasteiger partial charge in [-0.25, -0.2) is 14.1 Å². The van der Waals surface area contributed by atoms with Gasteiger partial charge in [0.05, 0.1) is 0 Å². The topological polar surface area (TPSA) is 56.7 Å². The molecule has 2 aromatic rings. The minimum Gasteiger partial charge on any atom is -0.399 e. The first-order valence-corrected chi connectivity index (χ1v) is 4.53. The van der Waals surface area contributed by atoms with Crippen LogP contribution in [0.1, 0.15) is 11.6 Å². The van der Waals surface area contributed by atoms with E-state index in [0.29, 0.717) is 23.0 Å². The highest BCUT2D eigenvalue weighted by Gasteiger charge is 2.09. The number of hydrogen-bond donors (Lipinski definition) is 1. The molecule has 1 aromatic carbocycles. The molecule has 78 valence electrons. The van der Waals surface area contributed by atoms with Crippen LogP contribution in [0.15, 0.2) is 18.2 Å². The molecule has 0 atom stereocenters. The van der Waals surface area contributed by atoms with Crippen molar-refractivity contribution in [2.45, 2.75) is 13.8 Å². The van der Waals surface area contributed by atoms with Crippen LogP contribution in [-0.4, -0.2) is 14.8 Å². The van der Waals surface area contributed by atoms with Crippen LogP contribution in [0.4, 0.5) is 10.1 Å². The van der Waals surface area contributed by atoms with Crippen LogP contribution >= 0.6 is 0 Å². The molecule has 0 saturated carbocycles. The van der Waals surface area contributed by atoms with E-state index in [9.17, 15) is 4.39 Å². The summed E-state index contributed by atoms with van der Waals surface area (Å²) < 4.78 is 15.0. The Labute approximate surface area is 86.6 Å². The predicted octanol–water partition coefficient (Wildman–Crippen LogP) is 1.61. The monoisotopic (exact) mass is 206 g/mol. The number of aromatic nitrogens is 3. The van der Waals surface area contributed by atoms with Gasteiger partial charge in [-0.3, -0.25) is 0 Å². The highest BCUT2D eigenvalue weighted by molar-refractivity contribution is 5.46. The number of nitrogens with two attached hydrogens (primary N) is 1. The van der Waals surface area contributed by atoms with Gasteiger partial charge in [-0.05, 0) is 32.0 Å². The van der Waals surface area contributed by atoms with Crippen LogP contribution in [-0.2, 0) is 0 Å². The van der Waals surface area contributed by atoms with Crippen molar-refractivity contribution in [3.63, 3.8) is 0 Å². The Kier molecular flexibility index (Phi) is 2.15. The Morgan fingerprint density at radius 1 is 1.33 bits per heavy atom.